The van der Waals surface area contributed by atoms with E-state index in [0.29, 0.717) is 0 Å². The number of allylic oxidation sites excluding steroid dienone is 2. The topological polar surface area (TPSA) is 9.23 Å². The summed E-state index contributed by atoms with van der Waals surface area (Å²) in [6.07, 6.45) is 7.57. The molecule has 0 N–H and O–H groups in total. The molecule has 2 heteroatoms. The third-order valence-electron chi connectivity index (χ3n) is 2.03. The van der Waals surface area contributed by atoms with Crippen LogP contribution in [0.3, 0.4) is 0 Å². The van der Waals surface area contributed by atoms with Gasteiger partial charge < -0.3 is 4.74 Å². The molecular formula is C10H18OSi. The van der Waals surface area contributed by atoms with Crippen molar-refractivity contribution in [3.05, 3.63) is 38.2 Å². The highest BCUT2D eigenvalue weighted by Crippen LogP contribution is 2.30. The van der Waals surface area contributed by atoms with E-state index in [1.807, 2.05) is 12.2 Å². The van der Waals surface area contributed by atoms with E-state index >= 15 is 0 Å². The van der Waals surface area contributed by atoms with Crippen molar-refractivity contribution in [3.8, 4) is 0 Å². The predicted molar refractivity (Wildman–Crippen MR) is 58.4 cm³/mol. The Labute approximate surface area is 78.2 Å². The van der Waals surface area contributed by atoms with Crippen molar-refractivity contribution in [3.63, 3.8) is 0 Å². The molecule has 0 aromatic rings. The summed E-state index contributed by atoms with van der Waals surface area (Å²) < 4.78 is 5.03. The number of rotatable bonds is 7. The monoisotopic (exact) mass is 182 g/mol. The normalized spacial score (nSPS) is 10.7. The second kappa shape index (κ2) is 5.83. The van der Waals surface area contributed by atoms with Crippen LogP contribution < -0.4 is 0 Å². The van der Waals surface area contributed by atoms with Gasteiger partial charge in [0.25, 0.3) is 0 Å². The minimum atomic E-state index is 0.185. The van der Waals surface area contributed by atoms with Crippen LogP contribution in [0.4, 0.5) is 0 Å². The Balaban J connectivity index is 3.65. The lowest BCUT2D eigenvalue weighted by atomic mass is 10.0. The van der Waals surface area contributed by atoms with Crippen LogP contribution in [0.25, 0.3) is 0 Å². The molecule has 0 fully saturated rings. The minimum absolute atomic E-state index is 0.185. The highest BCUT2D eigenvalue weighted by molar-refractivity contribution is 6.18. The average Bonchev–Trinajstić information content (AvgIpc) is 2.12. The molecule has 68 valence electrons. The summed E-state index contributed by atoms with van der Waals surface area (Å²) in [5, 5.41) is 0.185. The Morgan fingerprint density at radius 1 is 1.25 bits per heavy atom. The molecule has 0 bridgehead atoms. The molecule has 0 aromatic heterocycles. The zero-order valence-electron chi connectivity index (χ0n) is 7.88. The third-order valence-corrected chi connectivity index (χ3v) is 3.34. The molecule has 0 heterocycles. The first-order chi connectivity index (χ1) is 5.68. The van der Waals surface area contributed by atoms with Crippen molar-refractivity contribution in [1.29, 1.82) is 0 Å². The molecular weight excluding hydrogens is 164 g/mol. The van der Waals surface area contributed by atoms with Crippen LogP contribution in [-0.4, -0.2) is 16.8 Å². The van der Waals surface area contributed by atoms with Crippen LogP contribution in [-0.2, 0) is 4.74 Å². The van der Waals surface area contributed by atoms with E-state index in [9.17, 15) is 0 Å². The molecule has 0 aliphatic rings. The zero-order valence-corrected chi connectivity index (χ0v) is 9.88. The van der Waals surface area contributed by atoms with E-state index in [0.717, 1.165) is 29.7 Å². The van der Waals surface area contributed by atoms with E-state index in [1.54, 1.807) is 0 Å². The Kier molecular flexibility index (Phi) is 5.46. The molecule has 0 amide bonds. The van der Waals surface area contributed by atoms with E-state index in [2.05, 4.69) is 19.7 Å². The van der Waals surface area contributed by atoms with Gasteiger partial charge >= 0.3 is 0 Å². The third kappa shape index (κ3) is 4.19. The fourth-order valence-corrected chi connectivity index (χ4v) is 1.26. The van der Waals surface area contributed by atoms with Gasteiger partial charge in [-0.3, -0.25) is 0 Å². The summed E-state index contributed by atoms with van der Waals surface area (Å²) in [7, 11) is 1.07. The van der Waals surface area contributed by atoms with Crippen LogP contribution in [0.1, 0.15) is 12.8 Å². The van der Waals surface area contributed by atoms with Gasteiger partial charge in [-0.2, -0.15) is 0 Å². The lowest BCUT2D eigenvalue weighted by molar-refractivity contribution is 0.241. The molecule has 0 aromatic carbocycles. The van der Waals surface area contributed by atoms with Gasteiger partial charge in [0.05, 0.1) is 12.9 Å². The molecule has 0 aliphatic heterocycles. The van der Waals surface area contributed by atoms with Gasteiger partial charge in [-0.1, -0.05) is 18.7 Å². The molecule has 0 aliphatic carbocycles. The van der Waals surface area contributed by atoms with Gasteiger partial charge in [-0.15, -0.1) is 13.2 Å². The van der Waals surface area contributed by atoms with E-state index < -0.39 is 0 Å². The molecule has 0 atom stereocenters. The molecule has 0 spiro atoms. The second-order valence-electron chi connectivity index (χ2n) is 3.06. The van der Waals surface area contributed by atoms with Crippen molar-refractivity contribution in [1.82, 2.24) is 0 Å². The van der Waals surface area contributed by atoms with Gasteiger partial charge in [-0.25, -0.2) is 0 Å². The predicted octanol–water partition coefficient (Wildman–Crippen LogP) is 1.82. The van der Waals surface area contributed by atoms with Crippen LogP contribution in [0.2, 0.25) is 5.04 Å². The van der Waals surface area contributed by atoms with Gasteiger partial charge in [0.15, 0.2) is 0 Å². The lowest BCUT2D eigenvalue weighted by Crippen LogP contribution is -2.06. The van der Waals surface area contributed by atoms with Crippen molar-refractivity contribution in [2.45, 2.75) is 17.9 Å². The van der Waals surface area contributed by atoms with E-state index in [1.165, 1.54) is 6.26 Å². The molecule has 0 unspecified atom stereocenters. The Morgan fingerprint density at radius 3 is 2.25 bits per heavy atom. The maximum Gasteiger partial charge on any atom is 0.0873 e. The second-order valence-corrected chi connectivity index (χ2v) is 4.92. The highest BCUT2D eigenvalue weighted by Gasteiger charge is 2.14. The summed E-state index contributed by atoms with van der Waals surface area (Å²) >= 11 is 0. The summed E-state index contributed by atoms with van der Waals surface area (Å²) in [6, 6.07) is 0. The number of hydrogen-bond donors (Lipinski definition) is 0. The fourth-order valence-electron chi connectivity index (χ4n) is 0.907. The molecule has 0 saturated heterocycles. The van der Waals surface area contributed by atoms with Gasteiger partial charge in [0.2, 0.25) is 0 Å². The number of hydrogen-bond acceptors (Lipinski definition) is 1. The summed E-state index contributed by atoms with van der Waals surface area (Å²) in [5.41, 5.74) is 0. The molecule has 0 radical (unpaired) electrons. The van der Waals surface area contributed by atoms with Crippen LogP contribution >= 0.6 is 0 Å². The van der Waals surface area contributed by atoms with Crippen LogP contribution in [0.15, 0.2) is 38.2 Å². The summed E-state index contributed by atoms with van der Waals surface area (Å²) in [6.45, 7) is 11.8. The highest BCUT2D eigenvalue weighted by atomic mass is 28.1. The zero-order chi connectivity index (χ0) is 9.45. The van der Waals surface area contributed by atoms with E-state index in [-0.39, 0.29) is 5.04 Å². The number of ether oxygens (including phenoxy) is 1. The van der Waals surface area contributed by atoms with Gasteiger partial charge in [0, 0.05) is 10.2 Å². The van der Waals surface area contributed by atoms with Crippen molar-refractivity contribution < 1.29 is 4.74 Å². The first-order valence-electron chi connectivity index (χ1n) is 4.18. The Morgan fingerprint density at radius 2 is 1.83 bits per heavy atom. The smallest absolute Gasteiger partial charge is 0.0873 e. The van der Waals surface area contributed by atoms with Gasteiger partial charge in [0.1, 0.15) is 0 Å². The SMILES string of the molecule is C=COCCCC([SiH3])(C=C)C=C. The molecule has 12 heavy (non-hydrogen) atoms. The summed E-state index contributed by atoms with van der Waals surface area (Å²) in [4.78, 5) is 0. The maximum atomic E-state index is 5.03. The molecule has 0 rings (SSSR count). The molecule has 1 nitrogen and oxygen atoms in total. The van der Waals surface area contributed by atoms with Gasteiger partial charge in [-0.05, 0) is 17.9 Å². The van der Waals surface area contributed by atoms with Crippen molar-refractivity contribution >= 4 is 10.2 Å². The minimum Gasteiger partial charge on any atom is -0.502 e. The van der Waals surface area contributed by atoms with Crippen LogP contribution in [0, 0.1) is 0 Å². The Hall–Kier alpha value is -0.763. The van der Waals surface area contributed by atoms with Crippen molar-refractivity contribution in [2.75, 3.05) is 6.61 Å². The average molecular weight is 182 g/mol. The van der Waals surface area contributed by atoms with E-state index in [4.69, 9.17) is 4.74 Å². The Bertz CT molecular complexity index is 155. The maximum absolute atomic E-state index is 5.03. The quantitative estimate of drug-likeness (QED) is 0.253. The lowest BCUT2D eigenvalue weighted by Gasteiger charge is -2.20. The standard InChI is InChI=1S/C10H18OSi/c1-4-10(12,5-2)8-7-9-11-6-3/h4-6H,1-3,7-9H2,12H3. The van der Waals surface area contributed by atoms with Crippen LogP contribution in [0.5, 0.6) is 0 Å². The first kappa shape index (κ1) is 11.2. The summed E-state index contributed by atoms with van der Waals surface area (Å²) in [5.74, 6) is 0. The fraction of sp³-hybridized carbons (Fsp3) is 0.400. The van der Waals surface area contributed by atoms with Crippen molar-refractivity contribution in [2.24, 2.45) is 0 Å². The first-order valence-corrected chi connectivity index (χ1v) is 5.18. The largest absolute Gasteiger partial charge is 0.502 e. The molecule has 0 saturated carbocycles.